The number of hydrogen-bond donors (Lipinski definition) is 0. The Hall–Kier alpha value is -2.46. The average molecular weight is 323 g/mol. The quantitative estimate of drug-likeness (QED) is 0.605. The minimum absolute atomic E-state index is 0.321. The molecule has 0 fully saturated rings. The molecule has 2 aromatic rings. The fourth-order valence-electron chi connectivity index (χ4n) is 2.37. The van der Waals surface area contributed by atoms with Gasteiger partial charge in [-0.25, -0.2) is 4.79 Å². The number of anilines is 1. The Bertz CT molecular complexity index is 738. The van der Waals surface area contributed by atoms with Crippen molar-refractivity contribution in [3.05, 3.63) is 82.7 Å². The first-order chi connectivity index (χ1) is 11.3. The van der Waals surface area contributed by atoms with E-state index in [0.717, 1.165) is 22.0 Å². The van der Waals surface area contributed by atoms with Gasteiger partial charge in [-0.1, -0.05) is 60.3 Å². The fraction of sp³-hybridized carbons (Fsp3) is 0.105. The van der Waals surface area contributed by atoms with E-state index >= 15 is 0 Å². The van der Waals surface area contributed by atoms with Crippen LogP contribution in [-0.2, 0) is 9.53 Å². The minimum atomic E-state index is -0.321. The number of hydrogen-bond acceptors (Lipinski definition) is 4. The smallest absolute Gasteiger partial charge is 0.333 e. The molecule has 0 saturated carbocycles. The molecule has 116 valence electrons. The molecule has 0 unspecified atom stereocenters. The highest BCUT2D eigenvalue weighted by molar-refractivity contribution is 8.06. The summed E-state index contributed by atoms with van der Waals surface area (Å²) in [6.07, 6.45) is 1.55. The molecule has 3 rings (SSSR count). The standard InChI is InChI=1S/C19H17NO2S/c1-2-22-19(21)13-18-20(16-11-7-4-8-12-16)17(14-23-18)15-9-5-3-6-10-15/h3-14H,2H2,1H3. The van der Waals surface area contributed by atoms with E-state index in [4.69, 9.17) is 4.74 Å². The van der Waals surface area contributed by atoms with Crippen LogP contribution in [0, 0.1) is 0 Å². The maximum atomic E-state index is 11.9. The van der Waals surface area contributed by atoms with Gasteiger partial charge in [0, 0.05) is 11.1 Å². The first-order valence-electron chi connectivity index (χ1n) is 7.45. The van der Waals surface area contributed by atoms with Crippen LogP contribution in [0.5, 0.6) is 0 Å². The summed E-state index contributed by atoms with van der Waals surface area (Å²) >= 11 is 1.53. The average Bonchev–Trinajstić information content (AvgIpc) is 3.00. The summed E-state index contributed by atoms with van der Waals surface area (Å²) in [6.45, 7) is 2.18. The van der Waals surface area contributed by atoms with Crippen LogP contribution in [0.25, 0.3) is 5.70 Å². The topological polar surface area (TPSA) is 29.5 Å². The zero-order chi connectivity index (χ0) is 16.1. The number of esters is 1. The van der Waals surface area contributed by atoms with Gasteiger partial charge in [-0.3, -0.25) is 0 Å². The van der Waals surface area contributed by atoms with Crippen molar-refractivity contribution in [2.75, 3.05) is 11.5 Å². The third kappa shape index (κ3) is 3.48. The molecule has 0 bridgehead atoms. The van der Waals surface area contributed by atoms with Gasteiger partial charge in [-0.15, -0.1) is 0 Å². The molecule has 0 saturated heterocycles. The molecular weight excluding hydrogens is 306 g/mol. The lowest BCUT2D eigenvalue weighted by atomic mass is 10.1. The molecule has 1 aliphatic rings. The molecule has 0 atom stereocenters. The van der Waals surface area contributed by atoms with Crippen molar-refractivity contribution >= 4 is 29.1 Å². The summed E-state index contributed by atoms with van der Waals surface area (Å²) in [5, 5.41) is 2.90. The monoisotopic (exact) mass is 323 g/mol. The molecule has 0 N–H and O–H groups in total. The maximum Gasteiger partial charge on any atom is 0.333 e. The molecule has 0 aromatic heterocycles. The number of thioether (sulfide) groups is 1. The molecule has 1 heterocycles. The second-order valence-electron chi connectivity index (χ2n) is 4.89. The van der Waals surface area contributed by atoms with E-state index in [1.807, 2.05) is 48.5 Å². The van der Waals surface area contributed by atoms with Crippen molar-refractivity contribution in [1.82, 2.24) is 0 Å². The van der Waals surface area contributed by atoms with Gasteiger partial charge >= 0.3 is 5.97 Å². The van der Waals surface area contributed by atoms with Crippen molar-refractivity contribution in [2.45, 2.75) is 6.92 Å². The summed E-state index contributed by atoms with van der Waals surface area (Å²) in [6, 6.07) is 20.2. The Kier molecular flexibility index (Phi) is 4.83. The van der Waals surface area contributed by atoms with Crippen molar-refractivity contribution in [3.63, 3.8) is 0 Å². The Morgan fingerprint density at radius 3 is 2.39 bits per heavy atom. The van der Waals surface area contributed by atoms with E-state index in [1.165, 1.54) is 11.8 Å². The predicted molar refractivity (Wildman–Crippen MR) is 95.6 cm³/mol. The van der Waals surface area contributed by atoms with E-state index in [-0.39, 0.29) is 5.97 Å². The van der Waals surface area contributed by atoms with Crippen LogP contribution in [0.15, 0.2) is 77.2 Å². The van der Waals surface area contributed by atoms with Gasteiger partial charge in [0.25, 0.3) is 0 Å². The zero-order valence-electron chi connectivity index (χ0n) is 12.8. The van der Waals surface area contributed by atoms with Gasteiger partial charge in [-0.05, 0) is 24.6 Å². The minimum Gasteiger partial charge on any atom is -0.463 e. The molecule has 0 spiro atoms. The summed E-state index contributed by atoms with van der Waals surface area (Å²) in [5.74, 6) is -0.321. The molecule has 3 nitrogen and oxygen atoms in total. The second kappa shape index (κ2) is 7.20. The lowest BCUT2D eigenvalue weighted by Crippen LogP contribution is -2.16. The Morgan fingerprint density at radius 1 is 1.09 bits per heavy atom. The molecule has 0 radical (unpaired) electrons. The molecule has 4 heteroatoms. The Balaban J connectivity index is 2.00. The number of ether oxygens (including phenoxy) is 1. The maximum absolute atomic E-state index is 11.9. The van der Waals surface area contributed by atoms with Crippen molar-refractivity contribution in [1.29, 1.82) is 0 Å². The number of benzene rings is 2. The third-order valence-electron chi connectivity index (χ3n) is 3.36. The van der Waals surface area contributed by atoms with Gasteiger partial charge in [0.1, 0.15) is 0 Å². The third-order valence-corrected chi connectivity index (χ3v) is 4.25. The predicted octanol–water partition coefficient (Wildman–Crippen LogP) is 4.64. The Labute approximate surface area is 140 Å². The second-order valence-corrected chi connectivity index (χ2v) is 5.78. The van der Waals surface area contributed by atoms with Crippen LogP contribution in [0.4, 0.5) is 5.69 Å². The lowest BCUT2D eigenvalue weighted by Gasteiger charge is -2.23. The van der Waals surface area contributed by atoms with Crippen LogP contribution >= 0.6 is 11.8 Å². The van der Waals surface area contributed by atoms with Crippen molar-refractivity contribution in [2.24, 2.45) is 0 Å². The van der Waals surface area contributed by atoms with E-state index in [1.54, 1.807) is 13.0 Å². The SMILES string of the molecule is CCOC(=O)C=C1SC=C(c2ccccc2)N1c1ccccc1. The highest BCUT2D eigenvalue weighted by atomic mass is 32.2. The van der Waals surface area contributed by atoms with Gasteiger partial charge in [0.05, 0.1) is 23.4 Å². The number of nitrogens with zero attached hydrogens (tertiary/aromatic N) is 1. The highest BCUT2D eigenvalue weighted by Gasteiger charge is 2.25. The summed E-state index contributed by atoms with van der Waals surface area (Å²) in [4.78, 5) is 13.9. The van der Waals surface area contributed by atoms with E-state index in [9.17, 15) is 4.79 Å². The summed E-state index contributed by atoms with van der Waals surface area (Å²) in [5.41, 5.74) is 3.18. The zero-order valence-corrected chi connectivity index (χ0v) is 13.6. The van der Waals surface area contributed by atoms with E-state index < -0.39 is 0 Å². The van der Waals surface area contributed by atoms with Crippen molar-refractivity contribution in [3.8, 4) is 0 Å². The number of carbonyl (C=O) groups is 1. The van der Waals surface area contributed by atoms with Gasteiger partial charge in [0.15, 0.2) is 0 Å². The first-order valence-corrected chi connectivity index (χ1v) is 8.33. The largest absolute Gasteiger partial charge is 0.463 e. The molecule has 1 aliphatic heterocycles. The number of para-hydroxylation sites is 1. The van der Waals surface area contributed by atoms with Gasteiger partial charge in [0.2, 0.25) is 0 Å². The summed E-state index contributed by atoms with van der Waals surface area (Å²) < 4.78 is 5.05. The highest BCUT2D eigenvalue weighted by Crippen LogP contribution is 2.42. The number of carbonyl (C=O) groups excluding carboxylic acids is 1. The molecule has 0 amide bonds. The van der Waals surface area contributed by atoms with Crippen LogP contribution in [0.3, 0.4) is 0 Å². The van der Waals surface area contributed by atoms with Crippen LogP contribution in [-0.4, -0.2) is 12.6 Å². The molecule has 0 aliphatic carbocycles. The van der Waals surface area contributed by atoms with Crippen LogP contribution in [0.1, 0.15) is 12.5 Å². The molecular formula is C19H17NO2S. The Morgan fingerprint density at radius 2 is 1.74 bits per heavy atom. The van der Waals surface area contributed by atoms with Gasteiger partial charge in [-0.2, -0.15) is 0 Å². The lowest BCUT2D eigenvalue weighted by molar-refractivity contribution is -0.137. The van der Waals surface area contributed by atoms with Crippen LogP contribution < -0.4 is 4.90 Å². The van der Waals surface area contributed by atoms with E-state index in [2.05, 4.69) is 22.4 Å². The molecule has 23 heavy (non-hydrogen) atoms. The summed E-state index contributed by atoms with van der Waals surface area (Å²) in [7, 11) is 0. The first kappa shape index (κ1) is 15.4. The molecule has 2 aromatic carbocycles. The van der Waals surface area contributed by atoms with Crippen LogP contribution in [0.2, 0.25) is 0 Å². The normalized spacial score (nSPS) is 15.6. The van der Waals surface area contributed by atoms with Crippen molar-refractivity contribution < 1.29 is 9.53 Å². The van der Waals surface area contributed by atoms with E-state index in [0.29, 0.717) is 6.61 Å². The van der Waals surface area contributed by atoms with Gasteiger partial charge < -0.3 is 9.64 Å². The fourth-order valence-corrected chi connectivity index (χ4v) is 3.32. The number of rotatable bonds is 4.